The van der Waals surface area contributed by atoms with Gasteiger partial charge in [0, 0.05) is 23.1 Å². The summed E-state index contributed by atoms with van der Waals surface area (Å²) in [6, 6.07) is 14.7. The zero-order valence-corrected chi connectivity index (χ0v) is 14.2. The van der Waals surface area contributed by atoms with E-state index in [1.807, 2.05) is 30.3 Å². The smallest absolute Gasteiger partial charge is 0.344 e. The minimum Gasteiger partial charge on any atom is -0.482 e. The Morgan fingerprint density at radius 1 is 1.15 bits per heavy atom. The number of para-hydroxylation sites is 1. The number of esters is 1. The van der Waals surface area contributed by atoms with E-state index in [0.717, 1.165) is 10.9 Å². The quantitative estimate of drug-likeness (QED) is 0.282. The van der Waals surface area contributed by atoms with Crippen molar-refractivity contribution >= 4 is 34.2 Å². The summed E-state index contributed by atoms with van der Waals surface area (Å²) in [5.74, 6) is -0.259. The molecule has 1 heterocycles. The van der Waals surface area contributed by atoms with Crippen molar-refractivity contribution in [1.29, 1.82) is 0 Å². The summed E-state index contributed by atoms with van der Waals surface area (Å²) in [5, 5.41) is 11.7. The van der Waals surface area contributed by atoms with E-state index in [9.17, 15) is 14.9 Å². The number of aromatic nitrogens is 1. The summed E-state index contributed by atoms with van der Waals surface area (Å²) >= 11 is 6.11. The van der Waals surface area contributed by atoms with Gasteiger partial charge < -0.3 is 9.47 Å². The van der Waals surface area contributed by atoms with Crippen LogP contribution in [0.2, 0.25) is 5.15 Å². The molecule has 3 aromatic rings. The molecular formula is C18H13ClN2O5. The van der Waals surface area contributed by atoms with Crippen molar-refractivity contribution in [3.05, 3.63) is 75.4 Å². The Balaban J connectivity index is 1.55. The highest BCUT2D eigenvalue weighted by molar-refractivity contribution is 6.30. The number of hydrogen-bond donors (Lipinski definition) is 0. The summed E-state index contributed by atoms with van der Waals surface area (Å²) in [6.07, 6.45) is 0. The van der Waals surface area contributed by atoms with Crippen LogP contribution >= 0.6 is 11.6 Å². The van der Waals surface area contributed by atoms with Crippen LogP contribution in [0.1, 0.15) is 5.56 Å². The average Bonchev–Trinajstić information content (AvgIpc) is 2.65. The molecule has 132 valence electrons. The Bertz CT molecular complexity index is 959. The van der Waals surface area contributed by atoms with Gasteiger partial charge in [-0.05, 0) is 24.3 Å². The number of non-ortho nitro benzene ring substituents is 1. The number of nitro benzene ring substituents is 1. The van der Waals surface area contributed by atoms with Crippen molar-refractivity contribution in [1.82, 2.24) is 4.98 Å². The number of hydrogen-bond acceptors (Lipinski definition) is 6. The van der Waals surface area contributed by atoms with Gasteiger partial charge in [-0.2, -0.15) is 0 Å². The molecule has 2 aromatic carbocycles. The van der Waals surface area contributed by atoms with Crippen LogP contribution in [0, 0.1) is 10.1 Å². The van der Waals surface area contributed by atoms with Gasteiger partial charge >= 0.3 is 5.97 Å². The summed E-state index contributed by atoms with van der Waals surface area (Å²) in [6.45, 7) is -0.352. The summed E-state index contributed by atoms with van der Waals surface area (Å²) in [5.41, 5.74) is 1.29. The number of rotatable bonds is 6. The molecule has 0 unspecified atom stereocenters. The maximum atomic E-state index is 11.8. The molecule has 0 saturated heterocycles. The number of nitro groups is 1. The number of carbonyl (C=O) groups excluding carboxylic acids is 1. The molecule has 3 rings (SSSR count). The van der Waals surface area contributed by atoms with E-state index in [2.05, 4.69) is 4.98 Å². The first-order valence-electron chi connectivity index (χ1n) is 7.60. The topological polar surface area (TPSA) is 91.6 Å². The van der Waals surface area contributed by atoms with E-state index in [1.54, 1.807) is 0 Å². The first-order valence-corrected chi connectivity index (χ1v) is 7.98. The lowest BCUT2D eigenvalue weighted by atomic mass is 10.2. The van der Waals surface area contributed by atoms with E-state index in [1.165, 1.54) is 24.3 Å². The molecule has 0 N–H and O–H groups in total. The molecule has 0 radical (unpaired) electrons. The van der Waals surface area contributed by atoms with Gasteiger partial charge in [0.2, 0.25) is 0 Å². The minimum absolute atomic E-state index is 0.0286. The van der Waals surface area contributed by atoms with Crippen LogP contribution < -0.4 is 4.74 Å². The van der Waals surface area contributed by atoms with Gasteiger partial charge in [-0.15, -0.1) is 0 Å². The van der Waals surface area contributed by atoms with Crippen LogP contribution in [0.3, 0.4) is 0 Å². The fourth-order valence-electron chi connectivity index (χ4n) is 2.24. The molecule has 0 amide bonds. The Morgan fingerprint density at radius 2 is 1.88 bits per heavy atom. The van der Waals surface area contributed by atoms with Crippen molar-refractivity contribution in [3.63, 3.8) is 0 Å². The number of fused-ring (bicyclic) bond motifs is 1. The second-order valence-electron chi connectivity index (χ2n) is 5.33. The van der Waals surface area contributed by atoms with Gasteiger partial charge in [0.05, 0.1) is 10.4 Å². The molecule has 1 aromatic heterocycles. The van der Waals surface area contributed by atoms with E-state index < -0.39 is 10.9 Å². The summed E-state index contributed by atoms with van der Waals surface area (Å²) in [4.78, 5) is 26.1. The Labute approximate surface area is 153 Å². The lowest BCUT2D eigenvalue weighted by Crippen LogP contribution is -2.15. The zero-order valence-electron chi connectivity index (χ0n) is 13.4. The number of ether oxygens (including phenoxy) is 2. The SMILES string of the molecule is O=C(COc1ccc([N+](=O)[O-])cc1)OCc1cc2ccccc2nc1Cl. The predicted molar refractivity (Wildman–Crippen MR) is 95.1 cm³/mol. The molecule has 0 fully saturated rings. The highest BCUT2D eigenvalue weighted by Gasteiger charge is 2.10. The molecule has 0 aliphatic heterocycles. The van der Waals surface area contributed by atoms with Crippen molar-refractivity contribution in [2.45, 2.75) is 6.61 Å². The average molecular weight is 373 g/mol. The van der Waals surface area contributed by atoms with Gasteiger partial charge in [0.25, 0.3) is 5.69 Å². The fraction of sp³-hybridized carbons (Fsp3) is 0.111. The summed E-state index contributed by atoms with van der Waals surface area (Å²) in [7, 11) is 0. The fourth-order valence-corrected chi connectivity index (χ4v) is 2.44. The second kappa shape index (κ2) is 7.79. The highest BCUT2D eigenvalue weighted by atomic mass is 35.5. The molecular weight excluding hydrogens is 360 g/mol. The maximum absolute atomic E-state index is 11.8. The number of nitrogens with zero attached hydrogens (tertiary/aromatic N) is 2. The minimum atomic E-state index is -0.590. The van der Waals surface area contributed by atoms with Crippen molar-refractivity contribution in [2.75, 3.05) is 6.61 Å². The molecule has 26 heavy (non-hydrogen) atoms. The second-order valence-corrected chi connectivity index (χ2v) is 5.69. The molecule has 0 atom stereocenters. The molecule has 0 saturated carbocycles. The molecule has 0 aliphatic carbocycles. The van der Waals surface area contributed by atoms with Crippen LogP contribution in [0.15, 0.2) is 54.6 Å². The van der Waals surface area contributed by atoms with Crippen LogP contribution in [-0.4, -0.2) is 22.5 Å². The van der Waals surface area contributed by atoms with Gasteiger partial charge in [-0.3, -0.25) is 10.1 Å². The Hall–Kier alpha value is -3.19. The Kier molecular flexibility index (Phi) is 5.28. The number of halogens is 1. The monoisotopic (exact) mass is 372 g/mol. The maximum Gasteiger partial charge on any atom is 0.344 e. The number of carbonyl (C=O) groups is 1. The van der Waals surface area contributed by atoms with E-state index in [-0.39, 0.29) is 24.1 Å². The standard InChI is InChI=1S/C18H13ClN2O5/c19-18-13(9-12-3-1-2-4-16(12)20-18)10-26-17(22)11-25-15-7-5-14(6-8-15)21(23)24/h1-9H,10-11H2. The summed E-state index contributed by atoms with van der Waals surface area (Å²) < 4.78 is 10.4. The van der Waals surface area contributed by atoms with Crippen LogP contribution in [-0.2, 0) is 16.1 Å². The first-order chi connectivity index (χ1) is 12.5. The van der Waals surface area contributed by atoms with Crippen LogP contribution in [0.5, 0.6) is 5.75 Å². The lowest BCUT2D eigenvalue weighted by molar-refractivity contribution is -0.384. The largest absolute Gasteiger partial charge is 0.482 e. The molecule has 8 heteroatoms. The number of pyridine rings is 1. The van der Waals surface area contributed by atoms with Gasteiger partial charge in [-0.1, -0.05) is 29.8 Å². The molecule has 0 bridgehead atoms. The number of benzene rings is 2. The van der Waals surface area contributed by atoms with Crippen LogP contribution in [0.25, 0.3) is 10.9 Å². The molecule has 7 nitrogen and oxygen atoms in total. The van der Waals surface area contributed by atoms with Crippen molar-refractivity contribution in [3.8, 4) is 5.75 Å². The lowest BCUT2D eigenvalue weighted by Gasteiger charge is -2.09. The molecule has 0 aliphatic rings. The highest BCUT2D eigenvalue weighted by Crippen LogP contribution is 2.21. The molecule has 0 spiro atoms. The predicted octanol–water partition coefficient (Wildman–Crippen LogP) is 3.92. The van der Waals surface area contributed by atoms with E-state index in [4.69, 9.17) is 21.1 Å². The van der Waals surface area contributed by atoms with Crippen molar-refractivity contribution in [2.24, 2.45) is 0 Å². The van der Waals surface area contributed by atoms with E-state index >= 15 is 0 Å². The third-order valence-electron chi connectivity index (χ3n) is 3.54. The normalized spacial score (nSPS) is 10.5. The zero-order chi connectivity index (χ0) is 18.5. The first kappa shape index (κ1) is 17.6. The van der Waals surface area contributed by atoms with Gasteiger partial charge in [0.15, 0.2) is 6.61 Å². The van der Waals surface area contributed by atoms with Crippen molar-refractivity contribution < 1.29 is 19.2 Å². The van der Waals surface area contributed by atoms with E-state index in [0.29, 0.717) is 11.3 Å². The third kappa shape index (κ3) is 4.25. The van der Waals surface area contributed by atoms with Crippen LogP contribution in [0.4, 0.5) is 5.69 Å². The van der Waals surface area contributed by atoms with Gasteiger partial charge in [0.1, 0.15) is 17.5 Å². The van der Waals surface area contributed by atoms with Gasteiger partial charge in [-0.25, -0.2) is 9.78 Å². The Morgan fingerprint density at radius 3 is 2.62 bits per heavy atom. The third-order valence-corrected chi connectivity index (χ3v) is 3.87.